The van der Waals surface area contributed by atoms with E-state index in [1.165, 1.54) is 11.8 Å². The number of hydrogen-bond acceptors (Lipinski definition) is 6. The van der Waals surface area contributed by atoms with Gasteiger partial charge in [-0.1, -0.05) is 84.6 Å². The predicted molar refractivity (Wildman–Crippen MR) is 133 cm³/mol. The molecule has 1 heterocycles. The Hall–Kier alpha value is -3.65. The fourth-order valence-electron chi connectivity index (χ4n) is 3.60. The number of amides is 1. The van der Waals surface area contributed by atoms with Gasteiger partial charge in [0, 0.05) is 13.1 Å². The highest BCUT2D eigenvalue weighted by Gasteiger charge is 2.25. The van der Waals surface area contributed by atoms with Crippen LogP contribution in [0.4, 0.5) is 0 Å². The molecule has 0 aliphatic rings. The molecule has 3 aromatic carbocycles. The lowest BCUT2D eigenvalue weighted by atomic mass is 10.1. The maximum absolute atomic E-state index is 13.6. The molecule has 4 aromatic rings. The Morgan fingerprint density at radius 1 is 0.941 bits per heavy atom. The highest BCUT2D eigenvalue weighted by atomic mass is 32.2. The minimum Gasteiger partial charge on any atom is -0.492 e. The molecule has 1 aromatic heterocycles. The molecule has 1 amide bonds. The van der Waals surface area contributed by atoms with Gasteiger partial charge in [-0.05, 0) is 47.5 Å². The molecule has 0 fully saturated rings. The third-order valence-electron chi connectivity index (χ3n) is 5.21. The standard InChI is InChI=1S/C26H27N5O2S/c1-3-33-24-17-11-10-16-23(24)31-26(27-28-29-31)34-20(2)25(32)30(18-21-12-6-4-7-13-21)19-22-14-8-5-9-15-22/h4-17,20H,3,18-19H2,1-2H3. The zero-order chi connectivity index (χ0) is 23.8. The summed E-state index contributed by atoms with van der Waals surface area (Å²) in [4.78, 5) is 15.5. The molecule has 0 aliphatic heterocycles. The van der Waals surface area contributed by atoms with Crippen molar-refractivity contribution in [2.24, 2.45) is 0 Å². The van der Waals surface area contributed by atoms with Gasteiger partial charge in [-0.3, -0.25) is 4.79 Å². The number of aromatic nitrogens is 4. The highest BCUT2D eigenvalue weighted by molar-refractivity contribution is 8.00. The van der Waals surface area contributed by atoms with Crippen molar-refractivity contribution in [3.63, 3.8) is 0 Å². The first-order valence-corrected chi connectivity index (χ1v) is 12.1. The molecule has 0 bridgehead atoms. The molecule has 0 saturated carbocycles. The quantitative estimate of drug-likeness (QED) is 0.309. The smallest absolute Gasteiger partial charge is 0.236 e. The maximum atomic E-state index is 13.6. The van der Waals surface area contributed by atoms with Gasteiger partial charge in [0.15, 0.2) is 0 Å². The van der Waals surface area contributed by atoms with Crippen LogP contribution in [0.1, 0.15) is 25.0 Å². The molecule has 0 N–H and O–H groups in total. The summed E-state index contributed by atoms with van der Waals surface area (Å²) in [7, 11) is 0. The van der Waals surface area contributed by atoms with Gasteiger partial charge in [0.25, 0.3) is 0 Å². The van der Waals surface area contributed by atoms with Crippen molar-refractivity contribution in [2.75, 3.05) is 6.61 Å². The number of para-hydroxylation sites is 2. The molecular formula is C26H27N5O2S. The van der Waals surface area contributed by atoms with Crippen molar-refractivity contribution in [3.05, 3.63) is 96.1 Å². The summed E-state index contributed by atoms with van der Waals surface area (Å²) in [6.45, 7) is 5.41. The average Bonchev–Trinajstić information content (AvgIpc) is 3.33. The Morgan fingerprint density at radius 3 is 2.15 bits per heavy atom. The van der Waals surface area contributed by atoms with Gasteiger partial charge in [-0.2, -0.15) is 4.68 Å². The third kappa shape index (κ3) is 5.82. The molecule has 0 spiro atoms. The molecule has 174 valence electrons. The molecule has 0 saturated heterocycles. The Balaban J connectivity index is 1.55. The van der Waals surface area contributed by atoms with E-state index in [1.54, 1.807) is 4.68 Å². The number of nitrogens with zero attached hydrogens (tertiary/aromatic N) is 5. The number of tetrazole rings is 1. The molecule has 0 aliphatic carbocycles. The van der Waals surface area contributed by atoms with Crippen molar-refractivity contribution >= 4 is 17.7 Å². The molecule has 0 radical (unpaired) electrons. The monoisotopic (exact) mass is 473 g/mol. The van der Waals surface area contributed by atoms with E-state index in [0.29, 0.717) is 30.6 Å². The van der Waals surface area contributed by atoms with Crippen LogP contribution in [0.5, 0.6) is 5.75 Å². The molecule has 34 heavy (non-hydrogen) atoms. The van der Waals surface area contributed by atoms with Crippen molar-refractivity contribution in [1.82, 2.24) is 25.1 Å². The summed E-state index contributed by atoms with van der Waals surface area (Å²) >= 11 is 1.34. The number of ether oxygens (including phenoxy) is 1. The van der Waals surface area contributed by atoms with Gasteiger partial charge < -0.3 is 9.64 Å². The second-order valence-corrected chi connectivity index (χ2v) is 9.01. The third-order valence-corrected chi connectivity index (χ3v) is 6.23. The van der Waals surface area contributed by atoms with Crippen molar-refractivity contribution in [1.29, 1.82) is 0 Å². The lowest BCUT2D eigenvalue weighted by Crippen LogP contribution is -2.35. The van der Waals surface area contributed by atoms with E-state index < -0.39 is 5.25 Å². The first-order valence-electron chi connectivity index (χ1n) is 11.2. The van der Waals surface area contributed by atoms with E-state index in [4.69, 9.17) is 4.74 Å². The number of thioether (sulfide) groups is 1. The van der Waals surface area contributed by atoms with Gasteiger partial charge in [-0.25, -0.2) is 0 Å². The van der Waals surface area contributed by atoms with E-state index in [0.717, 1.165) is 16.8 Å². The summed E-state index contributed by atoms with van der Waals surface area (Å²) in [6, 6.07) is 27.6. The van der Waals surface area contributed by atoms with Crippen LogP contribution in [0.2, 0.25) is 0 Å². The van der Waals surface area contributed by atoms with Gasteiger partial charge >= 0.3 is 0 Å². The Morgan fingerprint density at radius 2 is 1.53 bits per heavy atom. The van der Waals surface area contributed by atoms with Crippen LogP contribution in [-0.4, -0.2) is 42.9 Å². The Labute approximate surface area is 203 Å². The number of rotatable bonds is 10. The predicted octanol–water partition coefficient (Wildman–Crippen LogP) is 4.77. The fraction of sp³-hybridized carbons (Fsp3) is 0.231. The van der Waals surface area contributed by atoms with Crippen molar-refractivity contribution in [3.8, 4) is 11.4 Å². The minimum absolute atomic E-state index is 0.0188. The maximum Gasteiger partial charge on any atom is 0.236 e. The van der Waals surface area contributed by atoms with E-state index in [2.05, 4.69) is 15.5 Å². The minimum atomic E-state index is -0.392. The van der Waals surface area contributed by atoms with E-state index >= 15 is 0 Å². The first-order chi connectivity index (χ1) is 16.7. The van der Waals surface area contributed by atoms with Crippen molar-refractivity contribution in [2.45, 2.75) is 37.3 Å². The molecule has 7 nitrogen and oxygen atoms in total. The highest BCUT2D eigenvalue weighted by Crippen LogP contribution is 2.29. The first kappa shape index (κ1) is 23.5. The van der Waals surface area contributed by atoms with Crippen LogP contribution in [0.3, 0.4) is 0 Å². The lowest BCUT2D eigenvalue weighted by molar-refractivity contribution is -0.131. The number of hydrogen-bond donors (Lipinski definition) is 0. The van der Waals surface area contributed by atoms with Crippen LogP contribution in [0.15, 0.2) is 90.1 Å². The van der Waals surface area contributed by atoms with E-state index in [9.17, 15) is 4.79 Å². The SMILES string of the molecule is CCOc1ccccc1-n1nnnc1SC(C)C(=O)N(Cc1ccccc1)Cc1ccccc1. The van der Waals surface area contributed by atoms with Crippen LogP contribution < -0.4 is 4.74 Å². The number of benzene rings is 3. The Bertz CT molecular complexity index is 1160. The topological polar surface area (TPSA) is 73.1 Å². The van der Waals surface area contributed by atoms with Crippen LogP contribution >= 0.6 is 11.8 Å². The number of carbonyl (C=O) groups excluding carboxylic acids is 1. The van der Waals surface area contributed by atoms with Crippen molar-refractivity contribution < 1.29 is 9.53 Å². The van der Waals surface area contributed by atoms with Gasteiger partial charge in [0.05, 0.1) is 11.9 Å². The summed E-state index contributed by atoms with van der Waals surface area (Å²) < 4.78 is 7.36. The van der Waals surface area contributed by atoms with Gasteiger partial charge in [0.2, 0.25) is 11.1 Å². The summed E-state index contributed by atoms with van der Waals surface area (Å²) in [5, 5.41) is 12.3. The van der Waals surface area contributed by atoms with Crippen LogP contribution in [-0.2, 0) is 17.9 Å². The van der Waals surface area contributed by atoms with E-state index in [1.807, 2.05) is 104 Å². The Kier molecular flexibility index (Phi) is 7.93. The molecular weight excluding hydrogens is 446 g/mol. The molecule has 1 unspecified atom stereocenters. The second kappa shape index (κ2) is 11.5. The molecule has 4 rings (SSSR count). The van der Waals surface area contributed by atoms with Gasteiger partial charge in [0.1, 0.15) is 11.4 Å². The fourth-order valence-corrected chi connectivity index (χ4v) is 4.48. The second-order valence-electron chi connectivity index (χ2n) is 7.70. The largest absolute Gasteiger partial charge is 0.492 e. The lowest BCUT2D eigenvalue weighted by Gasteiger charge is -2.26. The molecule has 1 atom stereocenters. The van der Waals surface area contributed by atoms with Crippen LogP contribution in [0.25, 0.3) is 5.69 Å². The zero-order valence-electron chi connectivity index (χ0n) is 19.2. The molecule has 8 heteroatoms. The van der Waals surface area contributed by atoms with Gasteiger partial charge in [-0.15, -0.1) is 5.10 Å². The zero-order valence-corrected chi connectivity index (χ0v) is 20.1. The summed E-state index contributed by atoms with van der Waals surface area (Å²) in [6.07, 6.45) is 0. The summed E-state index contributed by atoms with van der Waals surface area (Å²) in [5.41, 5.74) is 2.90. The number of carbonyl (C=O) groups is 1. The normalized spacial score (nSPS) is 11.7. The van der Waals surface area contributed by atoms with Crippen LogP contribution in [0, 0.1) is 0 Å². The summed E-state index contributed by atoms with van der Waals surface area (Å²) in [5.74, 6) is 0.707. The average molecular weight is 474 g/mol. The van der Waals surface area contributed by atoms with E-state index in [-0.39, 0.29) is 5.91 Å².